The van der Waals surface area contributed by atoms with Crippen molar-refractivity contribution in [1.29, 1.82) is 0 Å². The number of rotatable bonds is 7. The fraction of sp³-hybridized carbons (Fsp3) is 0.957. The lowest BCUT2D eigenvalue weighted by Gasteiger charge is -2.47. The number of carbonyl (C=O) groups excluding carboxylic acids is 1. The maximum atomic E-state index is 12.1. The molecule has 0 aromatic heterocycles. The van der Waals surface area contributed by atoms with Crippen LogP contribution in [-0.2, 0) is 23.4 Å². The van der Waals surface area contributed by atoms with Gasteiger partial charge in [-0.2, -0.15) is 0 Å². The Labute approximate surface area is 180 Å². The minimum Gasteiger partial charge on any atom is -0.465 e. The molecule has 1 fully saturated rings. The summed E-state index contributed by atoms with van der Waals surface area (Å²) in [7, 11) is -1.77. The van der Waals surface area contributed by atoms with E-state index in [1.807, 2.05) is 34.6 Å². The van der Waals surface area contributed by atoms with Gasteiger partial charge in [-0.1, -0.05) is 34.6 Å². The van der Waals surface area contributed by atoms with Gasteiger partial charge < -0.3 is 18.6 Å². The van der Waals surface area contributed by atoms with Gasteiger partial charge in [-0.3, -0.25) is 4.79 Å². The highest BCUT2D eigenvalue weighted by atomic mass is 28.4. The van der Waals surface area contributed by atoms with E-state index in [0.717, 1.165) is 6.42 Å². The number of ether oxygens (including phenoxy) is 3. The van der Waals surface area contributed by atoms with Crippen molar-refractivity contribution in [2.45, 2.75) is 112 Å². The van der Waals surface area contributed by atoms with Crippen LogP contribution in [-0.4, -0.2) is 45.5 Å². The summed E-state index contributed by atoms with van der Waals surface area (Å²) in [5, 5.41) is 0.197. The average molecular weight is 431 g/mol. The lowest BCUT2D eigenvalue weighted by Crippen LogP contribution is -2.53. The van der Waals surface area contributed by atoms with Gasteiger partial charge in [0.2, 0.25) is 0 Å². The topological polar surface area (TPSA) is 54.0 Å². The lowest BCUT2D eigenvalue weighted by atomic mass is 9.86. The first-order valence-corrected chi connectivity index (χ1v) is 13.9. The van der Waals surface area contributed by atoms with Crippen LogP contribution in [0.3, 0.4) is 0 Å². The van der Waals surface area contributed by atoms with Crippen molar-refractivity contribution in [2.75, 3.05) is 13.2 Å². The summed E-state index contributed by atoms with van der Waals surface area (Å²) >= 11 is 0. The molecule has 0 spiro atoms. The first-order valence-electron chi connectivity index (χ1n) is 11.0. The maximum Gasteiger partial charge on any atom is 0.311 e. The molecule has 0 aliphatic carbocycles. The van der Waals surface area contributed by atoms with Crippen LogP contribution in [0.2, 0.25) is 18.1 Å². The van der Waals surface area contributed by atoms with Gasteiger partial charge >= 0.3 is 5.97 Å². The molecular formula is C23H46O5Si. The van der Waals surface area contributed by atoms with Gasteiger partial charge in [0.05, 0.1) is 24.2 Å². The van der Waals surface area contributed by atoms with Crippen LogP contribution in [0.4, 0.5) is 0 Å². The molecule has 29 heavy (non-hydrogen) atoms. The molecule has 0 unspecified atom stereocenters. The predicted molar refractivity (Wildman–Crippen MR) is 120 cm³/mol. The molecule has 1 aliphatic rings. The molecule has 0 bridgehead atoms. The summed E-state index contributed by atoms with van der Waals surface area (Å²) in [5.74, 6) is -0.568. The highest BCUT2D eigenvalue weighted by Crippen LogP contribution is 2.38. The Morgan fingerprint density at radius 2 is 1.66 bits per heavy atom. The maximum absolute atomic E-state index is 12.1. The van der Waals surface area contributed by atoms with Crippen molar-refractivity contribution < 1.29 is 23.4 Å². The fourth-order valence-corrected chi connectivity index (χ4v) is 4.33. The number of esters is 1. The molecule has 1 rings (SSSR count). The van der Waals surface area contributed by atoms with E-state index in [9.17, 15) is 4.79 Å². The summed E-state index contributed by atoms with van der Waals surface area (Å²) in [6.45, 7) is 26.2. The first kappa shape index (κ1) is 26.6. The first-order chi connectivity index (χ1) is 12.9. The molecule has 0 N–H and O–H groups in total. The van der Waals surface area contributed by atoms with Gasteiger partial charge in [-0.15, -0.1) is 0 Å². The van der Waals surface area contributed by atoms with Crippen LogP contribution in [0, 0.1) is 17.3 Å². The minimum atomic E-state index is -1.77. The molecule has 4 atom stereocenters. The predicted octanol–water partition coefficient (Wildman–Crippen LogP) is 5.78. The van der Waals surface area contributed by atoms with Crippen molar-refractivity contribution in [2.24, 2.45) is 17.3 Å². The second kappa shape index (κ2) is 9.37. The molecule has 0 amide bonds. The van der Waals surface area contributed by atoms with Crippen molar-refractivity contribution in [1.82, 2.24) is 0 Å². The Morgan fingerprint density at radius 1 is 1.10 bits per heavy atom. The molecule has 5 nitrogen and oxygen atoms in total. The molecule has 0 aromatic carbocycles. The molecule has 172 valence electrons. The zero-order chi connectivity index (χ0) is 22.8. The summed E-state index contributed by atoms with van der Waals surface area (Å²) in [6, 6.07) is 0. The third-order valence-electron chi connectivity index (χ3n) is 6.28. The van der Waals surface area contributed by atoms with Crippen molar-refractivity contribution >= 4 is 14.3 Å². The average Bonchev–Trinajstić information content (AvgIpc) is 2.52. The number of carbonyl (C=O) groups is 1. The van der Waals surface area contributed by atoms with E-state index in [0.29, 0.717) is 13.2 Å². The van der Waals surface area contributed by atoms with Gasteiger partial charge in [-0.05, 0) is 59.2 Å². The SMILES string of the molecule is C[C@@H]1[C@@H]([C@H](C)COC(=O)C(C)(C)C)OC(C)(C)O[C@@H]1CCO[Si](C)(C)C(C)(C)C. The molecule has 0 aromatic rings. The van der Waals surface area contributed by atoms with E-state index in [1.165, 1.54) is 0 Å². The van der Waals surface area contributed by atoms with E-state index < -0.39 is 19.5 Å². The summed E-state index contributed by atoms with van der Waals surface area (Å²) < 4.78 is 24.4. The second-order valence-corrected chi connectivity index (χ2v) is 16.5. The summed E-state index contributed by atoms with van der Waals surface area (Å²) in [5.41, 5.74) is -0.495. The standard InChI is InChI=1S/C23H46O5Si/c1-16(15-25-20(24)21(3,4)5)19-17(2)18(27-23(9,10)28-19)13-14-26-29(11,12)22(6,7)8/h16-19H,13-15H2,1-12H3/t16-,17+,18-,19-/m1/s1. The van der Waals surface area contributed by atoms with Crippen LogP contribution in [0.1, 0.15) is 75.7 Å². The molecule has 6 heteroatoms. The quantitative estimate of drug-likeness (QED) is 0.378. The fourth-order valence-electron chi connectivity index (χ4n) is 3.27. The highest BCUT2D eigenvalue weighted by Gasteiger charge is 2.44. The van der Waals surface area contributed by atoms with E-state index in [1.54, 1.807) is 0 Å². The normalized spacial score (nSPS) is 26.8. The van der Waals surface area contributed by atoms with Crippen LogP contribution in [0.15, 0.2) is 0 Å². The zero-order valence-corrected chi connectivity index (χ0v) is 22.0. The van der Waals surface area contributed by atoms with Gasteiger partial charge in [0.1, 0.15) is 0 Å². The number of hydrogen-bond donors (Lipinski definition) is 0. The second-order valence-electron chi connectivity index (χ2n) is 11.7. The van der Waals surface area contributed by atoms with Crippen LogP contribution in [0.25, 0.3) is 0 Å². The Morgan fingerprint density at radius 3 is 2.14 bits per heavy atom. The molecule has 1 heterocycles. The zero-order valence-electron chi connectivity index (χ0n) is 21.0. The molecule has 0 radical (unpaired) electrons. The minimum absolute atomic E-state index is 0.0376. The monoisotopic (exact) mass is 430 g/mol. The third-order valence-corrected chi connectivity index (χ3v) is 10.8. The Balaban J connectivity index is 2.73. The smallest absolute Gasteiger partial charge is 0.311 e. The Bertz CT molecular complexity index is 544. The van der Waals surface area contributed by atoms with Crippen molar-refractivity contribution in [3.63, 3.8) is 0 Å². The van der Waals surface area contributed by atoms with Crippen molar-refractivity contribution in [3.05, 3.63) is 0 Å². The van der Waals surface area contributed by atoms with Crippen molar-refractivity contribution in [3.8, 4) is 0 Å². The molecule has 1 saturated heterocycles. The largest absolute Gasteiger partial charge is 0.465 e. The Hall–Kier alpha value is -0.433. The third kappa shape index (κ3) is 7.64. The number of hydrogen-bond acceptors (Lipinski definition) is 5. The van der Waals surface area contributed by atoms with Crippen LogP contribution < -0.4 is 0 Å². The Kier molecular flexibility index (Phi) is 8.60. The van der Waals surface area contributed by atoms with Crippen LogP contribution >= 0.6 is 0 Å². The van der Waals surface area contributed by atoms with Gasteiger partial charge in [0.25, 0.3) is 0 Å². The van der Waals surface area contributed by atoms with E-state index >= 15 is 0 Å². The molecule has 0 saturated carbocycles. The molecule has 1 aliphatic heterocycles. The summed E-state index contributed by atoms with van der Waals surface area (Å²) in [4.78, 5) is 12.1. The van der Waals surface area contributed by atoms with E-state index in [2.05, 4.69) is 47.7 Å². The van der Waals surface area contributed by atoms with Gasteiger partial charge in [0, 0.05) is 18.4 Å². The van der Waals surface area contributed by atoms with E-state index in [-0.39, 0.29) is 35.1 Å². The lowest BCUT2D eigenvalue weighted by molar-refractivity contribution is -0.329. The van der Waals surface area contributed by atoms with Gasteiger partial charge in [-0.25, -0.2) is 0 Å². The van der Waals surface area contributed by atoms with Crippen LogP contribution in [0.5, 0.6) is 0 Å². The highest BCUT2D eigenvalue weighted by molar-refractivity contribution is 6.74. The van der Waals surface area contributed by atoms with Gasteiger partial charge in [0.15, 0.2) is 14.1 Å². The molecular weight excluding hydrogens is 384 g/mol. The summed E-state index contributed by atoms with van der Waals surface area (Å²) in [6.07, 6.45) is 0.851. The van der Waals surface area contributed by atoms with E-state index in [4.69, 9.17) is 18.6 Å².